The molecule has 6 nitrogen and oxygen atoms in total. The molecule has 0 fully saturated rings. The molecule has 0 aliphatic carbocycles. The summed E-state index contributed by atoms with van der Waals surface area (Å²) in [5, 5.41) is 6.06. The minimum absolute atomic E-state index is 0.302. The van der Waals surface area contributed by atoms with Gasteiger partial charge in [-0.3, -0.25) is 9.59 Å². The van der Waals surface area contributed by atoms with Gasteiger partial charge in [-0.1, -0.05) is 19.8 Å². The number of rotatable bonds is 11. The minimum atomic E-state index is -0.669. The predicted molar refractivity (Wildman–Crippen MR) is 76.4 cm³/mol. The molecule has 6 heteroatoms. The van der Waals surface area contributed by atoms with Gasteiger partial charge in [-0.15, -0.1) is 0 Å². The van der Waals surface area contributed by atoms with Crippen LogP contribution >= 0.6 is 0 Å². The lowest BCUT2D eigenvalue weighted by Crippen LogP contribution is -2.53. The molecular weight excluding hydrogens is 244 g/mol. The summed E-state index contributed by atoms with van der Waals surface area (Å²) < 4.78 is 0. The van der Waals surface area contributed by atoms with Gasteiger partial charge >= 0.3 is 0 Å². The van der Waals surface area contributed by atoms with Crippen LogP contribution in [0.1, 0.15) is 46.0 Å². The fourth-order valence-electron chi connectivity index (χ4n) is 1.96. The summed E-state index contributed by atoms with van der Waals surface area (Å²) in [4.78, 5) is 22.5. The quantitative estimate of drug-likeness (QED) is 0.392. The van der Waals surface area contributed by atoms with Crippen LogP contribution in [-0.2, 0) is 9.59 Å². The zero-order valence-corrected chi connectivity index (χ0v) is 12.3. The van der Waals surface area contributed by atoms with Crippen LogP contribution in [0.5, 0.6) is 0 Å². The van der Waals surface area contributed by atoms with Gasteiger partial charge in [-0.2, -0.15) is 0 Å². The normalized spacial score (nSPS) is 15.7. The van der Waals surface area contributed by atoms with Crippen molar-refractivity contribution in [3.8, 4) is 0 Å². The summed E-state index contributed by atoms with van der Waals surface area (Å²) in [5.41, 5.74) is 10.0. The second kappa shape index (κ2) is 8.87. The second-order valence-corrected chi connectivity index (χ2v) is 5.11. The SMILES string of the molecule is CCCNC(C)(CCCCC(NC)C(N)=O)C(N)=O. The van der Waals surface area contributed by atoms with E-state index >= 15 is 0 Å². The van der Waals surface area contributed by atoms with Gasteiger partial charge in [0.2, 0.25) is 11.8 Å². The first-order chi connectivity index (χ1) is 8.87. The van der Waals surface area contributed by atoms with E-state index in [9.17, 15) is 9.59 Å². The van der Waals surface area contributed by atoms with Crippen LogP contribution in [0.2, 0.25) is 0 Å². The van der Waals surface area contributed by atoms with Crippen LogP contribution < -0.4 is 22.1 Å². The van der Waals surface area contributed by atoms with Crippen molar-refractivity contribution < 1.29 is 9.59 Å². The van der Waals surface area contributed by atoms with E-state index in [1.165, 1.54) is 0 Å². The first-order valence-corrected chi connectivity index (χ1v) is 6.89. The van der Waals surface area contributed by atoms with Crippen molar-refractivity contribution in [2.45, 2.75) is 57.5 Å². The summed E-state index contributed by atoms with van der Waals surface area (Å²) >= 11 is 0. The van der Waals surface area contributed by atoms with E-state index in [-0.39, 0.29) is 17.9 Å². The number of unbranched alkanes of at least 4 members (excludes halogenated alkanes) is 1. The van der Waals surface area contributed by atoms with Crippen molar-refractivity contribution in [1.29, 1.82) is 0 Å². The summed E-state index contributed by atoms with van der Waals surface area (Å²) in [5.74, 6) is -0.676. The average molecular weight is 272 g/mol. The number of carbonyl (C=O) groups is 2. The lowest BCUT2D eigenvalue weighted by atomic mass is 9.92. The molecule has 2 amide bonds. The Balaban J connectivity index is 4.13. The van der Waals surface area contributed by atoms with Crippen molar-refractivity contribution in [2.75, 3.05) is 13.6 Å². The molecule has 0 heterocycles. The molecule has 0 bridgehead atoms. The zero-order valence-electron chi connectivity index (χ0n) is 12.3. The molecule has 6 N–H and O–H groups in total. The largest absolute Gasteiger partial charge is 0.368 e. The Kier molecular flexibility index (Phi) is 8.34. The number of carbonyl (C=O) groups excluding carboxylic acids is 2. The van der Waals surface area contributed by atoms with Crippen LogP contribution in [0, 0.1) is 0 Å². The van der Waals surface area contributed by atoms with Crippen molar-refractivity contribution in [3.63, 3.8) is 0 Å². The minimum Gasteiger partial charge on any atom is -0.368 e. The molecular formula is C13H28N4O2. The second-order valence-electron chi connectivity index (χ2n) is 5.11. The van der Waals surface area contributed by atoms with Crippen LogP contribution in [0.3, 0.4) is 0 Å². The van der Waals surface area contributed by atoms with Gasteiger partial charge in [-0.25, -0.2) is 0 Å². The molecule has 112 valence electrons. The van der Waals surface area contributed by atoms with Gasteiger partial charge < -0.3 is 22.1 Å². The predicted octanol–water partition coefficient (Wildman–Crippen LogP) is -0.136. The number of nitrogens with two attached hydrogens (primary N) is 2. The monoisotopic (exact) mass is 272 g/mol. The maximum absolute atomic E-state index is 11.5. The number of likely N-dealkylation sites (N-methyl/N-ethyl adjacent to an activating group) is 1. The highest BCUT2D eigenvalue weighted by Gasteiger charge is 2.29. The van der Waals surface area contributed by atoms with Crippen LogP contribution in [-0.4, -0.2) is 37.0 Å². The molecule has 19 heavy (non-hydrogen) atoms. The van der Waals surface area contributed by atoms with Crippen LogP contribution in [0.15, 0.2) is 0 Å². The summed E-state index contributed by atoms with van der Waals surface area (Å²) in [6.07, 6.45) is 3.94. The molecule has 2 atom stereocenters. The molecule has 0 saturated carbocycles. The van der Waals surface area contributed by atoms with Gasteiger partial charge in [0.25, 0.3) is 0 Å². The third-order valence-electron chi connectivity index (χ3n) is 3.42. The Morgan fingerprint density at radius 3 is 2.32 bits per heavy atom. The topological polar surface area (TPSA) is 110 Å². The molecule has 0 saturated heterocycles. The first kappa shape index (κ1) is 17.9. The van der Waals surface area contributed by atoms with Gasteiger partial charge in [-0.05, 0) is 39.8 Å². The molecule has 0 aliphatic heterocycles. The van der Waals surface area contributed by atoms with E-state index in [0.29, 0.717) is 12.8 Å². The maximum atomic E-state index is 11.5. The average Bonchev–Trinajstić information content (AvgIpc) is 2.35. The first-order valence-electron chi connectivity index (χ1n) is 6.89. The number of hydrogen-bond acceptors (Lipinski definition) is 4. The third kappa shape index (κ3) is 6.54. The summed E-state index contributed by atoms with van der Waals surface area (Å²) in [6, 6.07) is -0.302. The summed E-state index contributed by atoms with van der Waals surface area (Å²) in [6.45, 7) is 4.63. The Labute approximate surface area is 115 Å². The highest BCUT2D eigenvalue weighted by atomic mass is 16.2. The molecule has 0 aromatic rings. The molecule has 0 rings (SSSR count). The van der Waals surface area contributed by atoms with Gasteiger partial charge in [0, 0.05) is 0 Å². The molecule has 0 radical (unpaired) electrons. The van der Waals surface area contributed by atoms with E-state index in [0.717, 1.165) is 25.8 Å². The number of hydrogen-bond donors (Lipinski definition) is 4. The Bertz CT molecular complexity index is 296. The highest BCUT2D eigenvalue weighted by molar-refractivity contribution is 5.84. The Hall–Kier alpha value is -1.14. The molecule has 0 aliphatic rings. The number of primary amides is 2. The van der Waals surface area contributed by atoms with Crippen LogP contribution in [0.4, 0.5) is 0 Å². The number of amides is 2. The van der Waals surface area contributed by atoms with Crippen molar-refractivity contribution in [2.24, 2.45) is 11.5 Å². The standard InChI is InChI=1S/C13H28N4O2/c1-4-9-17-13(2,12(15)19)8-6-5-7-10(16-3)11(14)18/h10,16-17H,4-9H2,1-3H3,(H2,14,18)(H2,15,19). The van der Waals surface area contributed by atoms with Crippen LogP contribution in [0.25, 0.3) is 0 Å². The van der Waals surface area contributed by atoms with E-state index in [1.54, 1.807) is 7.05 Å². The fourth-order valence-corrected chi connectivity index (χ4v) is 1.96. The smallest absolute Gasteiger partial charge is 0.237 e. The molecule has 0 spiro atoms. The van der Waals surface area contributed by atoms with Gasteiger partial charge in [0.15, 0.2) is 0 Å². The molecule has 2 unspecified atom stereocenters. The summed E-state index contributed by atoms with van der Waals surface area (Å²) in [7, 11) is 1.71. The van der Waals surface area contributed by atoms with E-state index in [4.69, 9.17) is 11.5 Å². The van der Waals surface area contributed by atoms with Crippen molar-refractivity contribution in [3.05, 3.63) is 0 Å². The lowest BCUT2D eigenvalue weighted by Gasteiger charge is -2.27. The van der Waals surface area contributed by atoms with Gasteiger partial charge in [0.1, 0.15) is 0 Å². The lowest BCUT2D eigenvalue weighted by molar-refractivity contribution is -0.124. The Morgan fingerprint density at radius 2 is 1.89 bits per heavy atom. The maximum Gasteiger partial charge on any atom is 0.237 e. The zero-order chi connectivity index (χ0) is 14.9. The fraction of sp³-hybridized carbons (Fsp3) is 0.846. The van der Waals surface area contributed by atoms with E-state index in [2.05, 4.69) is 10.6 Å². The highest BCUT2D eigenvalue weighted by Crippen LogP contribution is 2.15. The molecule has 0 aromatic carbocycles. The van der Waals surface area contributed by atoms with Crippen molar-refractivity contribution in [1.82, 2.24) is 10.6 Å². The Morgan fingerprint density at radius 1 is 1.26 bits per heavy atom. The molecule has 0 aromatic heterocycles. The van der Waals surface area contributed by atoms with E-state index < -0.39 is 5.54 Å². The van der Waals surface area contributed by atoms with Gasteiger partial charge in [0.05, 0.1) is 11.6 Å². The van der Waals surface area contributed by atoms with Crippen molar-refractivity contribution >= 4 is 11.8 Å². The third-order valence-corrected chi connectivity index (χ3v) is 3.42. The number of nitrogens with one attached hydrogen (secondary N) is 2. The van der Waals surface area contributed by atoms with E-state index in [1.807, 2.05) is 13.8 Å².